The normalized spacial score (nSPS) is 24.8. The van der Waals surface area contributed by atoms with Crippen LogP contribution in [-0.2, 0) is 4.74 Å². The summed E-state index contributed by atoms with van der Waals surface area (Å²) in [4.78, 5) is 0. The SMILES string of the molecule is C=CC1CCC(COC2CCC(c3ccc(-c4ccc(OCCCC)c(F)c4F)cc3)CC2)CC1. The molecule has 4 rings (SSSR count). The lowest BCUT2D eigenvalue weighted by atomic mass is 9.81. The zero-order chi connectivity index (χ0) is 24.6. The van der Waals surface area contributed by atoms with E-state index in [0.29, 0.717) is 36.0 Å². The maximum Gasteiger partial charge on any atom is 0.201 e. The van der Waals surface area contributed by atoms with Gasteiger partial charge in [-0.25, -0.2) is 4.39 Å². The molecule has 0 amide bonds. The van der Waals surface area contributed by atoms with Crippen molar-refractivity contribution in [3.63, 3.8) is 0 Å². The van der Waals surface area contributed by atoms with Gasteiger partial charge in [-0.15, -0.1) is 6.58 Å². The van der Waals surface area contributed by atoms with E-state index in [4.69, 9.17) is 9.47 Å². The molecule has 35 heavy (non-hydrogen) atoms. The summed E-state index contributed by atoms with van der Waals surface area (Å²) in [5.41, 5.74) is 2.24. The molecule has 0 aromatic heterocycles. The first-order valence-corrected chi connectivity index (χ1v) is 13.5. The fourth-order valence-electron chi connectivity index (χ4n) is 5.55. The van der Waals surface area contributed by atoms with Crippen molar-refractivity contribution in [2.75, 3.05) is 13.2 Å². The van der Waals surface area contributed by atoms with Crippen molar-refractivity contribution in [3.05, 3.63) is 66.3 Å². The summed E-state index contributed by atoms with van der Waals surface area (Å²) >= 11 is 0. The van der Waals surface area contributed by atoms with Crippen LogP contribution in [0.2, 0.25) is 0 Å². The average molecular weight is 483 g/mol. The Morgan fingerprint density at radius 2 is 1.60 bits per heavy atom. The van der Waals surface area contributed by atoms with Gasteiger partial charge < -0.3 is 9.47 Å². The molecular formula is C31H40F2O2. The minimum Gasteiger partial charge on any atom is -0.490 e. The van der Waals surface area contributed by atoms with Crippen LogP contribution in [0.5, 0.6) is 5.75 Å². The Morgan fingerprint density at radius 1 is 0.886 bits per heavy atom. The molecule has 2 aliphatic rings. The van der Waals surface area contributed by atoms with E-state index in [9.17, 15) is 8.78 Å². The number of allylic oxidation sites excluding steroid dienone is 1. The molecule has 0 unspecified atom stereocenters. The molecule has 2 nitrogen and oxygen atoms in total. The van der Waals surface area contributed by atoms with Gasteiger partial charge in [-0.1, -0.05) is 43.7 Å². The third kappa shape index (κ3) is 6.73. The highest BCUT2D eigenvalue weighted by Gasteiger charge is 2.25. The summed E-state index contributed by atoms with van der Waals surface area (Å²) < 4.78 is 40.9. The number of hydrogen-bond acceptors (Lipinski definition) is 2. The summed E-state index contributed by atoms with van der Waals surface area (Å²) in [5.74, 6) is 0.144. The third-order valence-corrected chi connectivity index (χ3v) is 7.96. The molecule has 2 aliphatic carbocycles. The third-order valence-electron chi connectivity index (χ3n) is 7.96. The number of unbranched alkanes of at least 4 members (excludes halogenated alkanes) is 1. The first-order valence-electron chi connectivity index (χ1n) is 13.5. The Bertz CT molecular complexity index is 939. The van der Waals surface area contributed by atoms with Gasteiger partial charge in [-0.2, -0.15) is 4.39 Å². The van der Waals surface area contributed by atoms with Crippen molar-refractivity contribution in [3.8, 4) is 16.9 Å². The molecule has 0 N–H and O–H groups in total. The Morgan fingerprint density at radius 3 is 2.26 bits per heavy atom. The second-order valence-electron chi connectivity index (χ2n) is 10.4. The number of benzene rings is 2. The van der Waals surface area contributed by atoms with Crippen molar-refractivity contribution in [1.29, 1.82) is 0 Å². The monoisotopic (exact) mass is 482 g/mol. The van der Waals surface area contributed by atoms with Gasteiger partial charge in [-0.05, 0) is 98.8 Å². The predicted octanol–water partition coefficient (Wildman–Crippen LogP) is 8.85. The van der Waals surface area contributed by atoms with E-state index < -0.39 is 11.6 Å². The molecule has 2 fully saturated rings. The highest BCUT2D eigenvalue weighted by molar-refractivity contribution is 5.65. The summed E-state index contributed by atoms with van der Waals surface area (Å²) in [7, 11) is 0. The molecule has 2 aromatic carbocycles. The lowest BCUT2D eigenvalue weighted by Crippen LogP contribution is -2.25. The van der Waals surface area contributed by atoms with Gasteiger partial charge >= 0.3 is 0 Å². The van der Waals surface area contributed by atoms with Gasteiger partial charge in [0.05, 0.1) is 12.7 Å². The number of hydrogen-bond donors (Lipinski definition) is 0. The Labute approximate surface area is 209 Å². The summed E-state index contributed by atoms with van der Waals surface area (Å²) in [6, 6.07) is 11.1. The van der Waals surface area contributed by atoms with E-state index in [-0.39, 0.29) is 11.3 Å². The van der Waals surface area contributed by atoms with Crippen LogP contribution < -0.4 is 4.74 Å². The second kappa shape index (κ2) is 12.7. The summed E-state index contributed by atoms with van der Waals surface area (Å²) in [6.07, 6.45) is 13.7. The number of halogens is 2. The van der Waals surface area contributed by atoms with Crippen LogP contribution in [0.15, 0.2) is 49.1 Å². The average Bonchev–Trinajstić information content (AvgIpc) is 2.91. The van der Waals surface area contributed by atoms with Crippen LogP contribution in [0.4, 0.5) is 8.78 Å². The van der Waals surface area contributed by atoms with E-state index in [0.717, 1.165) is 45.1 Å². The van der Waals surface area contributed by atoms with Gasteiger partial charge in [0.25, 0.3) is 0 Å². The molecule has 0 aliphatic heterocycles. The van der Waals surface area contributed by atoms with E-state index in [1.54, 1.807) is 6.07 Å². The Balaban J connectivity index is 1.27. The van der Waals surface area contributed by atoms with Crippen LogP contribution >= 0.6 is 0 Å². The smallest absolute Gasteiger partial charge is 0.201 e. The van der Waals surface area contributed by atoms with Crippen molar-refractivity contribution >= 4 is 0 Å². The molecule has 190 valence electrons. The Kier molecular flexibility index (Phi) is 9.37. The summed E-state index contributed by atoms with van der Waals surface area (Å²) in [5, 5.41) is 0. The molecule has 0 bridgehead atoms. The number of rotatable bonds is 10. The number of ether oxygens (including phenoxy) is 2. The van der Waals surface area contributed by atoms with Crippen molar-refractivity contribution in [1.82, 2.24) is 0 Å². The van der Waals surface area contributed by atoms with Crippen molar-refractivity contribution in [2.45, 2.75) is 83.2 Å². The molecule has 2 aromatic rings. The van der Waals surface area contributed by atoms with Crippen molar-refractivity contribution in [2.24, 2.45) is 11.8 Å². The molecule has 0 heterocycles. The zero-order valence-corrected chi connectivity index (χ0v) is 21.1. The van der Waals surface area contributed by atoms with Crippen LogP contribution in [0.3, 0.4) is 0 Å². The molecule has 2 saturated carbocycles. The molecule has 0 saturated heterocycles. The maximum atomic E-state index is 14.7. The van der Waals surface area contributed by atoms with E-state index >= 15 is 0 Å². The van der Waals surface area contributed by atoms with E-state index in [1.165, 1.54) is 37.3 Å². The van der Waals surface area contributed by atoms with E-state index in [1.807, 2.05) is 19.1 Å². The van der Waals surface area contributed by atoms with E-state index in [2.05, 4.69) is 24.8 Å². The topological polar surface area (TPSA) is 18.5 Å². The van der Waals surface area contributed by atoms with Gasteiger partial charge in [-0.3, -0.25) is 0 Å². The molecule has 4 heteroatoms. The highest BCUT2D eigenvalue weighted by atomic mass is 19.2. The van der Waals surface area contributed by atoms with Crippen LogP contribution in [0.25, 0.3) is 11.1 Å². The largest absolute Gasteiger partial charge is 0.490 e. The Hall–Kier alpha value is -2.20. The molecule has 0 spiro atoms. The molecule has 0 atom stereocenters. The minimum absolute atomic E-state index is 0.0141. The van der Waals surface area contributed by atoms with Crippen LogP contribution in [0.1, 0.15) is 82.6 Å². The lowest BCUT2D eigenvalue weighted by Gasteiger charge is -2.32. The summed E-state index contributed by atoms with van der Waals surface area (Å²) in [6.45, 7) is 7.26. The second-order valence-corrected chi connectivity index (χ2v) is 10.4. The van der Waals surface area contributed by atoms with Crippen LogP contribution in [0, 0.1) is 23.5 Å². The molecular weight excluding hydrogens is 442 g/mol. The van der Waals surface area contributed by atoms with Gasteiger partial charge in [0.1, 0.15) is 0 Å². The first-order chi connectivity index (χ1) is 17.1. The quantitative estimate of drug-likeness (QED) is 0.249. The standard InChI is InChI=1S/C31H40F2O2/c1-3-5-20-34-29-19-18-28(30(32)31(29)33)26-12-10-24(11-13-26)25-14-16-27(17-15-25)35-21-23-8-6-22(4-2)7-9-23/h4,10-13,18-19,22-23,25,27H,2-3,5-9,14-17,20-21H2,1H3. The predicted molar refractivity (Wildman–Crippen MR) is 139 cm³/mol. The molecule has 0 radical (unpaired) electrons. The van der Waals surface area contributed by atoms with Gasteiger partial charge in [0.2, 0.25) is 5.82 Å². The van der Waals surface area contributed by atoms with Crippen LogP contribution in [-0.4, -0.2) is 19.3 Å². The van der Waals surface area contributed by atoms with Gasteiger partial charge in [0, 0.05) is 12.2 Å². The van der Waals surface area contributed by atoms with Crippen molar-refractivity contribution < 1.29 is 18.3 Å². The minimum atomic E-state index is -0.908. The van der Waals surface area contributed by atoms with Gasteiger partial charge in [0.15, 0.2) is 11.6 Å². The zero-order valence-electron chi connectivity index (χ0n) is 21.1. The first kappa shape index (κ1) is 25.9. The fraction of sp³-hybridized carbons (Fsp3) is 0.548. The highest BCUT2D eigenvalue weighted by Crippen LogP contribution is 2.37. The fourth-order valence-corrected chi connectivity index (χ4v) is 5.55. The lowest BCUT2D eigenvalue weighted by molar-refractivity contribution is -0.00336. The maximum absolute atomic E-state index is 14.7.